The molecule has 0 saturated carbocycles. The third kappa shape index (κ3) is 2.04. The largest absolute Gasteiger partial charge is 0.396 e. The first-order valence-corrected chi connectivity index (χ1v) is 4.20. The van der Waals surface area contributed by atoms with Crippen LogP contribution in [-0.2, 0) is 0 Å². The summed E-state index contributed by atoms with van der Waals surface area (Å²) in [5.74, 6) is 0.933. The Morgan fingerprint density at radius 1 is 1.73 bits per heavy atom. The summed E-state index contributed by atoms with van der Waals surface area (Å²) in [6.07, 6.45) is 3.12. The summed E-state index contributed by atoms with van der Waals surface area (Å²) in [5.41, 5.74) is 0. The highest BCUT2D eigenvalue weighted by molar-refractivity contribution is 4.89. The van der Waals surface area contributed by atoms with Gasteiger partial charge < -0.3 is 10.0 Å². The van der Waals surface area contributed by atoms with E-state index in [1.807, 2.05) is 6.08 Å². The van der Waals surface area contributed by atoms with Crippen molar-refractivity contribution in [2.45, 2.75) is 6.42 Å². The van der Waals surface area contributed by atoms with Crippen LogP contribution < -0.4 is 0 Å². The maximum atomic E-state index is 9.04. The van der Waals surface area contributed by atoms with Crippen LogP contribution in [0.4, 0.5) is 0 Å². The molecule has 0 aromatic heterocycles. The molecule has 2 atom stereocenters. The number of hydrogen-bond donors (Lipinski definition) is 1. The number of piperidine rings is 1. The molecular formula is C9H17NO. The van der Waals surface area contributed by atoms with Crippen LogP contribution in [0.25, 0.3) is 0 Å². The maximum absolute atomic E-state index is 9.04. The first-order valence-electron chi connectivity index (χ1n) is 4.20. The zero-order chi connectivity index (χ0) is 8.27. The Morgan fingerprint density at radius 2 is 2.45 bits per heavy atom. The number of allylic oxidation sites excluding steroid dienone is 1. The molecule has 2 nitrogen and oxygen atoms in total. The third-order valence-corrected chi connectivity index (χ3v) is 2.53. The Morgan fingerprint density at radius 3 is 3.00 bits per heavy atom. The number of aliphatic hydroxyl groups is 1. The van der Waals surface area contributed by atoms with Crippen molar-refractivity contribution in [1.82, 2.24) is 4.90 Å². The van der Waals surface area contributed by atoms with Crippen LogP contribution in [0.3, 0.4) is 0 Å². The zero-order valence-corrected chi connectivity index (χ0v) is 7.16. The molecule has 0 amide bonds. The Bertz CT molecular complexity index is 136. The van der Waals surface area contributed by atoms with E-state index in [0.717, 1.165) is 19.5 Å². The quantitative estimate of drug-likeness (QED) is 0.594. The normalized spacial score (nSPS) is 33.6. The van der Waals surface area contributed by atoms with E-state index in [-0.39, 0.29) is 0 Å². The Labute approximate surface area is 68.5 Å². The van der Waals surface area contributed by atoms with Gasteiger partial charge in [0, 0.05) is 19.1 Å². The number of likely N-dealkylation sites (tertiary alicyclic amines) is 1. The van der Waals surface area contributed by atoms with E-state index in [0.29, 0.717) is 18.4 Å². The molecule has 64 valence electrons. The van der Waals surface area contributed by atoms with Crippen molar-refractivity contribution in [3.05, 3.63) is 12.7 Å². The van der Waals surface area contributed by atoms with E-state index in [1.54, 1.807) is 0 Å². The van der Waals surface area contributed by atoms with Crippen molar-refractivity contribution < 1.29 is 5.11 Å². The van der Waals surface area contributed by atoms with E-state index < -0.39 is 0 Å². The number of nitrogens with zero attached hydrogens (tertiary/aromatic N) is 1. The van der Waals surface area contributed by atoms with Crippen LogP contribution in [0, 0.1) is 11.8 Å². The fourth-order valence-corrected chi connectivity index (χ4v) is 1.74. The molecule has 1 saturated heterocycles. The molecule has 2 unspecified atom stereocenters. The Balaban J connectivity index is 2.47. The SMILES string of the molecule is C=CC1CCN(C)CC1CO. The molecular weight excluding hydrogens is 138 g/mol. The predicted molar refractivity (Wildman–Crippen MR) is 46.4 cm³/mol. The second-order valence-electron chi connectivity index (χ2n) is 3.39. The molecule has 1 heterocycles. The molecule has 0 spiro atoms. The number of rotatable bonds is 2. The standard InChI is InChI=1S/C9H17NO/c1-3-8-4-5-10(2)6-9(8)7-11/h3,8-9,11H,1,4-7H2,2H3. The summed E-state index contributed by atoms with van der Waals surface area (Å²) in [4.78, 5) is 2.26. The van der Waals surface area contributed by atoms with E-state index in [4.69, 9.17) is 5.11 Å². The zero-order valence-electron chi connectivity index (χ0n) is 7.16. The summed E-state index contributed by atoms with van der Waals surface area (Å²) in [6.45, 7) is 6.21. The van der Waals surface area contributed by atoms with Gasteiger partial charge in [-0.2, -0.15) is 0 Å². The predicted octanol–water partition coefficient (Wildman–Crippen LogP) is 0.733. The van der Waals surface area contributed by atoms with Crippen molar-refractivity contribution in [3.8, 4) is 0 Å². The van der Waals surface area contributed by atoms with E-state index >= 15 is 0 Å². The van der Waals surface area contributed by atoms with Crippen LogP contribution in [0.1, 0.15) is 6.42 Å². The average molecular weight is 155 g/mol. The fourth-order valence-electron chi connectivity index (χ4n) is 1.74. The Kier molecular flexibility index (Phi) is 3.09. The van der Waals surface area contributed by atoms with Gasteiger partial charge in [-0.15, -0.1) is 6.58 Å². The van der Waals surface area contributed by atoms with Crippen LogP contribution in [0.2, 0.25) is 0 Å². The molecule has 1 rings (SSSR count). The molecule has 1 aliphatic rings. The highest BCUT2D eigenvalue weighted by Crippen LogP contribution is 2.22. The number of aliphatic hydroxyl groups excluding tert-OH is 1. The van der Waals surface area contributed by atoms with Gasteiger partial charge in [0.15, 0.2) is 0 Å². The van der Waals surface area contributed by atoms with Crippen molar-refractivity contribution in [2.24, 2.45) is 11.8 Å². The molecule has 0 aromatic carbocycles. The van der Waals surface area contributed by atoms with Gasteiger partial charge in [0.2, 0.25) is 0 Å². The summed E-state index contributed by atoms with van der Waals surface area (Å²) < 4.78 is 0. The van der Waals surface area contributed by atoms with Crippen molar-refractivity contribution >= 4 is 0 Å². The molecule has 1 N–H and O–H groups in total. The smallest absolute Gasteiger partial charge is 0.0477 e. The highest BCUT2D eigenvalue weighted by atomic mass is 16.3. The minimum absolute atomic E-state index is 0.293. The molecule has 0 bridgehead atoms. The molecule has 1 fully saturated rings. The molecule has 1 aliphatic heterocycles. The number of hydrogen-bond acceptors (Lipinski definition) is 2. The lowest BCUT2D eigenvalue weighted by molar-refractivity contribution is 0.107. The van der Waals surface area contributed by atoms with Gasteiger partial charge in [0.25, 0.3) is 0 Å². The third-order valence-electron chi connectivity index (χ3n) is 2.53. The van der Waals surface area contributed by atoms with Crippen molar-refractivity contribution in [1.29, 1.82) is 0 Å². The van der Waals surface area contributed by atoms with Gasteiger partial charge in [0.1, 0.15) is 0 Å². The van der Waals surface area contributed by atoms with E-state index in [2.05, 4.69) is 18.5 Å². The van der Waals surface area contributed by atoms with Crippen LogP contribution in [-0.4, -0.2) is 36.8 Å². The average Bonchev–Trinajstić information content (AvgIpc) is 2.04. The van der Waals surface area contributed by atoms with E-state index in [9.17, 15) is 0 Å². The van der Waals surface area contributed by atoms with Gasteiger partial charge in [-0.3, -0.25) is 0 Å². The molecule has 0 aliphatic carbocycles. The topological polar surface area (TPSA) is 23.5 Å². The lowest BCUT2D eigenvalue weighted by Crippen LogP contribution is -2.38. The summed E-state index contributed by atoms with van der Waals surface area (Å²) >= 11 is 0. The summed E-state index contributed by atoms with van der Waals surface area (Å²) in [6, 6.07) is 0. The molecule has 0 radical (unpaired) electrons. The van der Waals surface area contributed by atoms with Gasteiger partial charge in [-0.05, 0) is 25.9 Å². The van der Waals surface area contributed by atoms with Crippen molar-refractivity contribution in [2.75, 3.05) is 26.7 Å². The Hall–Kier alpha value is -0.340. The summed E-state index contributed by atoms with van der Waals surface area (Å²) in [5, 5.41) is 9.04. The van der Waals surface area contributed by atoms with Gasteiger partial charge in [0.05, 0.1) is 0 Å². The second kappa shape index (κ2) is 3.88. The van der Waals surface area contributed by atoms with Gasteiger partial charge in [-0.25, -0.2) is 0 Å². The first kappa shape index (κ1) is 8.75. The lowest BCUT2D eigenvalue weighted by atomic mass is 9.86. The monoisotopic (exact) mass is 155 g/mol. The van der Waals surface area contributed by atoms with Crippen LogP contribution >= 0.6 is 0 Å². The molecule has 0 aromatic rings. The molecule has 2 heteroatoms. The van der Waals surface area contributed by atoms with Gasteiger partial charge in [-0.1, -0.05) is 6.08 Å². The lowest BCUT2D eigenvalue weighted by Gasteiger charge is -2.34. The van der Waals surface area contributed by atoms with Gasteiger partial charge >= 0.3 is 0 Å². The van der Waals surface area contributed by atoms with Crippen LogP contribution in [0.5, 0.6) is 0 Å². The van der Waals surface area contributed by atoms with Crippen molar-refractivity contribution in [3.63, 3.8) is 0 Å². The minimum atomic E-state index is 0.293. The first-order chi connectivity index (χ1) is 5.27. The maximum Gasteiger partial charge on any atom is 0.0477 e. The second-order valence-corrected chi connectivity index (χ2v) is 3.39. The molecule has 11 heavy (non-hydrogen) atoms. The van der Waals surface area contributed by atoms with E-state index in [1.165, 1.54) is 0 Å². The fraction of sp³-hybridized carbons (Fsp3) is 0.778. The van der Waals surface area contributed by atoms with Crippen LogP contribution in [0.15, 0.2) is 12.7 Å². The highest BCUT2D eigenvalue weighted by Gasteiger charge is 2.24. The summed E-state index contributed by atoms with van der Waals surface area (Å²) in [7, 11) is 2.10. The minimum Gasteiger partial charge on any atom is -0.396 e.